The summed E-state index contributed by atoms with van der Waals surface area (Å²) < 4.78 is 13.8. The molecule has 0 radical (unpaired) electrons. The molecule has 1 saturated heterocycles. The average molecular weight is 575 g/mol. The van der Waals surface area contributed by atoms with Crippen molar-refractivity contribution in [1.82, 2.24) is 20.2 Å². The third-order valence-corrected chi connectivity index (χ3v) is 5.80. The molecule has 4 rings (SSSR count). The predicted molar refractivity (Wildman–Crippen MR) is 146 cm³/mol. The number of aromatic nitrogens is 2. The maximum absolute atomic E-state index is 6.22. The summed E-state index contributed by atoms with van der Waals surface area (Å²) >= 11 is 0. The number of halogens is 1. The molecule has 1 atom stereocenters. The maximum atomic E-state index is 6.22. The van der Waals surface area contributed by atoms with Crippen molar-refractivity contribution in [3.05, 3.63) is 82.9 Å². The maximum Gasteiger partial charge on any atom is 0.191 e. The fraction of sp³-hybridized carbons (Fsp3) is 0.385. The highest BCUT2D eigenvalue weighted by Crippen LogP contribution is 2.23. The molecule has 0 bridgehead atoms. The van der Waals surface area contributed by atoms with Crippen LogP contribution in [0, 0.1) is 13.8 Å². The van der Waals surface area contributed by atoms with E-state index in [1.165, 1.54) is 16.7 Å². The van der Waals surface area contributed by atoms with Crippen LogP contribution in [0.2, 0.25) is 0 Å². The summed E-state index contributed by atoms with van der Waals surface area (Å²) in [7, 11) is 1.79. The Morgan fingerprint density at radius 3 is 2.71 bits per heavy atom. The van der Waals surface area contributed by atoms with Gasteiger partial charge in [0.25, 0.3) is 0 Å². The minimum atomic E-state index is 0. The molecule has 2 N–H and O–H groups in total. The number of nitrogens with zero attached hydrogens (tertiary/aromatic N) is 3. The summed E-state index contributed by atoms with van der Waals surface area (Å²) in [5.41, 5.74) is 4.73. The van der Waals surface area contributed by atoms with E-state index in [9.17, 15) is 0 Å². The Hall–Kier alpha value is -2.59. The molecule has 0 spiro atoms. The number of rotatable bonds is 8. The molecule has 34 heavy (non-hydrogen) atoms. The lowest BCUT2D eigenvalue weighted by atomic mass is 10.1. The van der Waals surface area contributed by atoms with Crippen LogP contribution < -0.4 is 15.4 Å². The summed E-state index contributed by atoms with van der Waals surface area (Å²) in [4.78, 5) is 8.69. The van der Waals surface area contributed by atoms with Crippen molar-refractivity contribution in [3.8, 4) is 5.75 Å². The van der Waals surface area contributed by atoms with Gasteiger partial charge < -0.3 is 24.7 Å². The summed E-state index contributed by atoms with van der Waals surface area (Å²) in [6.45, 7) is 7.66. The van der Waals surface area contributed by atoms with Crippen LogP contribution in [0.3, 0.4) is 0 Å². The van der Waals surface area contributed by atoms with Crippen molar-refractivity contribution in [2.45, 2.75) is 46.0 Å². The number of ether oxygens (including phenoxy) is 2. The molecular formula is C26H34IN5O2. The van der Waals surface area contributed by atoms with Gasteiger partial charge in [0.1, 0.15) is 17.7 Å². The monoisotopic (exact) mass is 575 g/mol. The van der Waals surface area contributed by atoms with Crippen LogP contribution in [0.4, 0.5) is 0 Å². The van der Waals surface area contributed by atoms with Crippen LogP contribution in [0.25, 0.3) is 0 Å². The fourth-order valence-corrected chi connectivity index (χ4v) is 3.89. The highest BCUT2D eigenvalue weighted by molar-refractivity contribution is 14.0. The van der Waals surface area contributed by atoms with Crippen LogP contribution in [0.5, 0.6) is 5.75 Å². The summed E-state index contributed by atoms with van der Waals surface area (Å²) in [6, 6.07) is 14.9. The zero-order valence-corrected chi connectivity index (χ0v) is 22.4. The molecule has 0 saturated carbocycles. The second-order valence-corrected chi connectivity index (χ2v) is 8.42. The molecule has 1 fully saturated rings. The number of hydrogen-bond donors (Lipinski definition) is 2. The van der Waals surface area contributed by atoms with Gasteiger partial charge in [-0.3, -0.25) is 4.99 Å². The van der Waals surface area contributed by atoms with Gasteiger partial charge in [-0.25, -0.2) is 4.98 Å². The smallest absolute Gasteiger partial charge is 0.191 e. The van der Waals surface area contributed by atoms with E-state index >= 15 is 0 Å². The Morgan fingerprint density at radius 2 is 1.97 bits per heavy atom. The molecule has 1 unspecified atom stereocenters. The molecule has 0 aliphatic carbocycles. The van der Waals surface area contributed by atoms with Crippen LogP contribution in [0.15, 0.2) is 59.9 Å². The molecule has 182 valence electrons. The Labute approximate surface area is 219 Å². The van der Waals surface area contributed by atoms with Crippen LogP contribution >= 0.6 is 24.0 Å². The van der Waals surface area contributed by atoms with Crippen LogP contribution in [-0.2, 0) is 24.4 Å². The SMILES string of the molecule is CN=C(NCc1cccc(Cn2ccnc2C)c1)NCc1ccc(C)cc1OC1CCOC1.I. The van der Waals surface area contributed by atoms with Gasteiger partial charge in [-0.05, 0) is 36.6 Å². The van der Waals surface area contributed by atoms with Crippen LogP contribution in [0.1, 0.15) is 34.5 Å². The van der Waals surface area contributed by atoms with E-state index in [1.807, 2.05) is 19.3 Å². The van der Waals surface area contributed by atoms with E-state index in [-0.39, 0.29) is 30.1 Å². The van der Waals surface area contributed by atoms with E-state index in [1.54, 1.807) is 7.05 Å². The van der Waals surface area contributed by atoms with Gasteiger partial charge in [-0.2, -0.15) is 0 Å². The van der Waals surface area contributed by atoms with Crippen molar-refractivity contribution >= 4 is 29.9 Å². The van der Waals surface area contributed by atoms with E-state index < -0.39 is 0 Å². The predicted octanol–water partition coefficient (Wildman–Crippen LogP) is 4.20. The molecule has 2 aromatic carbocycles. The third kappa shape index (κ3) is 7.20. The molecule has 3 aromatic rings. The van der Waals surface area contributed by atoms with Gasteiger partial charge in [-0.15, -0.1) is 24.0 Å². The van der Waals surface area contributed by atoms with E-state index in [0.29, 0.717) is 19.7 Å². The highest BCUT2D eigenvalue weighted by Gasteiger charge is 2.18. The standard InChI is InChI=1S/C26H33N5O2.HI/c1-19-7-8-23(25(13-19)33-24-9-12-32-18-24)16-30-26(27-3)29-15-21-5-4-6-22(14-21)17-31-11-10-28-20(31)2;/h4-8,10-11,13-14,24H,9,12,15-18H2,1-3H3,(H2,27,29,30);1H. The van der Waals surface area contributed by atoms with E-state index in [0.717, 1.165) is 42.7 Å². The van der Waals surface area contributed by atoms with Crippen molar-refractivity contribution in [2.24, 2.45) is 4.99 Å². The van der Waals surface area contributed by atoms with Crippen molar-refractivity contribution in [1.29, 1.82) is 0 Å². The topological polar surface area (TPSA) is 72.7 Å². The first kappa shape index (κ1) is 26.0. The zero-order valence-electron chi connectivity index (χ0n) is 20.1. The number of benzene rings is 2. The highest BCUT2D eigenvalue weighted by atomic mass is 127. The van der Waals surface area contributed by atoms with Gasteiger partial charge in [0.05, 0.1) is 13.2 Å². The Kier molecular flexibility index (Phi) is 9.76. The summed E-state index contributed by atoms with van der Waals surface area (Å²) in [5, 5.41) is 6.83. The molecule has 0 amide bonds. The number of aryl methyl sites for hydroxylation is 2. The summed E-state index contributed by atoms with van der Waals surface area (Å²) in [6.07, 6.45) is 4.90. The lowest BCUT2D eigenvalue weighted by Gasteiger charge is -2.18. The Balaban J connectivity index is 0.00000324. The van der Waals surface area contributed by atoms with Crippen molar-refractivity contribution < 1.29 is 9.47 Å². The Morgan fingerprint density at radius 1 is 1.15 bits per heavy atom. The largest absolute Gasteiger partial charge is 0.488 e. The first-order chi connectivity index (χ1) is 16.1. The first-order valence-corrected chi connectivity index (χ1v) is 11.4. The molecular weight excluding hydrogens is 541 g/mol. The molecule has 2 heterocycles. The van der Waals surface area contributed by atoms with Gasteiger partial charge in [0.2, 0.25) is 0 Å². The molecule has 1 aliphatic rings. The number of nitrogens with one attached hydrogen (secondary N) is 2. The normalized spacial score (nSPS) is 15.6. The zero-order chi connectivity index (χ0) is 23.0. The molecule has 7 nitrogen and oxygen atoms in total. The Bertz CT molecular complexity index is 1090. The quantitative estimate of drug-likeness (QED) is 0.240. The second-order valence-electron chi connectivity index (χ2n) is 8.42. The van der Waals surface area contributed by atoms with E-state index in [2.05, 4.69) is 74.6 Å². The van der Waals surface area contributed by atoms with E-state index in [4.69, 9.17) is 9.47 Å². The number of imidazole rings is 1. The number of aliphatic imine (C=N–C) groups is 1. The molecule has 1 aromatic heterocycles. The lowest BCUT2D eigenvalue weighted by Crippen LogP contribution is -2.36. The van der Waals surface area contributed by atoms with Gasteiger partial charge >= 0.3 is 0 Å². The van der Waals surface area contributed by atoms with Gasteiger partial charge in [0.15, 0.2) is 5.96 Å². The average Bonchev–Trinajstić information content (AvgIpc) is 3.47. The van der Waals surface area contributed by atoms with Gasteiger partial charge in [0, 0.05) is 51.1 Å². The second kappa shape index (κ2) is 12.8. The van der Waals surface area contributed by atoms with Crippen molar-refractivity contribution in [2.75, 3.05) is 20.3 Å². The number of guanidine groups is 1. The summed E-state index contributed by atoms with van der Waals surface area (Å²) in [5.74, 6) is 2.68. The third-order valence-electron chi connectivity index (χ3n) is 5.80. The first-order valence-electron chi connectivity index (χ1n) is 11.4. The lowest BCUT2D eigenvalue weighted by molar-refractivity contribution is 0.140. The molecule has 8 heteroatoms. The fourth-order valence-electron chi connectivity index (χ4n) is 3.89. The number of hydrogen-bond acceptors (Lipinski definition) is 4. The van der Waals surface area contributed by atoms with Crippen molar-refractivity contribution in [3.63, 3.8) is 0 Å². The van der Waals surface area contributed by atoms with Gasteiger partial charge in [-0.1, -0.05) is 36.4 Å². The minimum absolute atomic E-state index is 0. The minimum Gasteiger partial charge on any atom is -0.488 e. The molecule has 1 aliphatic heterocycles. The van der Waals surface area contributed by atoms with Crippen LogP contribution in [-0.4, -0.2) is 41.9 Å².